The maximum absolute atomic E-state index is 13.1. The van der Waals surface area contributed by atoms with Crippen LogP contribution in [-0.2, 0) is 9.53 Å². The van der Waals surface area contributed by atoms with Crippen molar-refractivity contribution in [1.82, 2.24) is 4.98 Å². The first-order valence-corrected chi connectivity index (χ1v) is 8.48. The standard InChI is InChI=1S/C22H19FN2O3/c1-15(22(26)27-3)20-13-17(25(2)18-5-4-12-24-14-18)8-11-21(20)28-19-9-6-16(23)7-10-19/h4-14H,1H2,2-3H3. The fourth-order valence-electron chi connectivity index (χ4n) is 2.62. The normalized spacial score (nSPS) is 10.2. The minimum Gasteiger partial charge on any atom is -0.465 e. The lowest BCUT2D eigenvalue weighted by Gasteiger charge is -2.21. The van der Waals surface area contributed by atoms with Gasteiger partial charge >= 0.3 is 5.97 Å². The first-order valence-electron chi connectivity index (χ1n) is 8.48. The van der Waals surface area contributed by atoms with Gasteiger partial charge in [0.15, 0.2) is 0 Å². The number of carbonyl (C=O) groups is 1. The molecule has 1 aromatic heterocycles. The van der Waals surface area contributed by atoms with Crippen molar-refractivity contribution in [3.63, 3.8) is 0 Å². The van der Waals surface area contributed by atoms with E-state index >= 15 is 0 Å². The Hall–Kier alpha value is -3.67. The minimum atomic E-state index is -0.565. The molecule has 0 radical (unpaired) electrons. The molecule has 0 fully saturated rings. The molecule has 3 aromatic rings. The van der Waals surface area contributed by atoms with Crippen LogP contribution in [0.25, 0.3) is 5.57 Å². The number of esters is 1. The van der Waals surface area contributed by atoms with E-state index in [-0.39, 0.29) is 11.4 Å². The summed E-state index contributed by atoms with van der Waals surface area (Å²) in [5.41, 5.74) is 2.31. The summed E-state index contributed by atoms with van der Waals surface area (Å²) in [5.74, 6) is -0.0795. The molecule has 0 saturated carbocycles. The Balaban J connectivity index is 2.00. The van der Waals surface area contributed by atoms with Crippen molar-refractivity contribution in [2.45, 2.75) is 0 Å². The zero-order chi connectivity index (χ0) is 20.1. The van der Waals surface area contributed by atoms with Crippen LogP contribution in [0.1, 0.15) is 5.56 Å². The highest BCUT2D eigenvalue weighted by atomic mass is 19.1. The summed E-state index contributed by atoms with van der Waals surface area (Å²) in [6.45, 7) is 3.84. The fourth-order valence-corrected chi connectivity index (χ4v) is 2.62. The number of hydrogen-bond donors (Lipinski definition) is 0. The molecule has 2 aromatic carbocycles. The molecular weight excluding hydrogens is 359 g/mol. The van der Waals surface area contributed by atoms with E-state index in [1.165, 1.54) is 31.4 Å². The van der Waals surface area contributed by atoms with Gasteiger partial charge in [-0.15, -0.1) is 0 Å². The third-order valence-corrected chi connectivity index (χ3v) is 4.18. The Morgan fingerprint density at radius 1 is 1.11 bits per heavy atom. The van der Waals surface area contributed by atoms with Gasteiger partial charge in [0.1, 0.15) is 17.3 Å². The van der Waals surface area contributed by atoms with Crippen molar-refractivity contribution < 1.29 is 18.7 Å². The van der Waals surface area contributed by atoms with E-state index in [0.717, 1.165) is 11.4 Å². The summed E-state index contributed by atoms with van der Waals surface area (Å²) in [6.07, 6.45) is 3.43. The molecule has 0 saturated heterocycles. The number of hydrogen-bond acceptors (Lipinski definition) is 5. The minimum absolute atomic E-state index is 0.154. The number of benzene rings is 2. The average Bonchev–Trinajstić information content (AvgIpc) is 2.74. The second kappa shape index (κ2) is 8.35. The monoisotopic (exact) mass is 378 g/mol. The molecule has 142 valence electrons. The summed E-state index contributed by atoms with van der Waals surface area (Å²) < 4.78 is 23.8. The Morgan fingerprint density at radius 2 is 1.86 bits per heavy atom. The topological polar surface area (TPSA) is 51.7 Å². The molecule has 3 rings (SSSR count). The van der Waals surface area contributed by atoms with E-state index in [4.69, 9.17) is 9.47 Å². The lowest BCUT2D eigenvalue weighted by Crippen LogP contribution is -2.11. The zero-order valence-corrected chi connectivity index (χ0v) is 15.6. The van der Waals surface area contributed by atoms with Crippen LogP contribution in [0.4, 0.5) is 15.8 Å². The van der Waals surface area contributed by atoms with Crippen LogP contribution in [0.3, 0.4) is 0 Å². The van der Waals surface area contributed by atoms with Crippen LogP contribution in [0.2, 0.25) is 0 Å². The molecule has 0 spiro atoms. The van der Waals surface area contributed by atoms with Crippen molar-refractivity contribution in [3.8, 4) is 11.5 Å². The third kappa shape index (κ3) is 4.17. The molecule has 0 amide bonds. The van der Waals surface area contributed by atoms with E-state index in [1.54, 1.807) is 24.5 Å². The Kier molecular flexibility index (Phi) is 5.69. The van der Waals surface area contributed by atoms with E-state index in [2.05, 4.69) is 11.6 Å². The molecule has 0 bridgehead atoms. The van der Waals surface area contributed by atoms with Gasteiger partial charge in [-0.1, -0.05) is 6.58 Å². The number of anilines is 2. The van der Waals surface area contributed by atoms with E-state index in [1.807, 2.05) is 30.1 Å². The lowest BCUT2D eigenvalue weighted by atomic mass is 10.0. The van der Waals surface area contributed by atoms with Gasteiger partial charge in [0.2, 0.25) is 0 Å². The highest BCUT2D eigenvalue weighted by Crippen LogP contribution is 2.35. The highest BCUT2D eigenvalue weighted by Gasteiger charge is 2.18. The predicted octanol–water partition coefficient (Wildman–Crippen LogP) is 4.97. The number of methoxy groups -OCH3 is 1. The maximum Gasteiger partial charge on any atom is 0.337 e. The Morgan fingerprint density at radius 3 is 2.50 bits per heavy atom. The smallest absolute Gasteiger partial charge is 0.337 e. The molecule has 0 unspecified atom stereocenters. The predicted molar refractivity (Wildman–Crippen MR) is 106 cm³/mol. The van der Waals surface area contributed by atoms with Crippen molar-refractivity contribution in [2.24, 2.45) is 0 Å². The van der Waals surface area contributed by atoms with Crippen molar-refractivity contribution >= 4 is 22.9 Å². The average molecular weight is 378 g/mol. The van der Waals surface area contributed by atoms with E-state index in [0.29, 0.717) is 17.1 Å². The van der Waals surface area contributed by atoms with Crippen LogP contribution in [0.5, 0.6) is 11.5 Å². The Labute approximate surface area is 162 Å². The van der Waals surface area contributed by atoms with Crippen LogP contribution < -0.4 is 9.64 Å². The largest absolute Gasteiger partial charge is 0.465 e. The molecule has 6 heteroatoms. The first kappa shape index (κ1) is 19.1. The van der Waals surface area contributed by atoms with Gasteiger partial charge in [-0.05, 0) is 54.6 Å². The number of carbonyl (C=O) groups excluding carboxylic acids is 1. The molecule has 0 aliphatic heterocycles. The van der Waals surface area contributed by atoms with Gasteiger partial charge in [0, 0.05) is 24.5 Å². The molecular formula is C22H19FN2O3. The van der Waals surface area contributed by atoms with Crippen molar-refractivity contribution in [3.05, 3.63) is 85.0 Å². The van der Waals surface area contributed by atoms with Crippen LogP contribution >= 0.6 is 0 Å². The molecule has 0 aliphatic carbocycles. The molecule has 0 aliphatic rings. The summed E-state index contributed by atoms with van der Waals surface area (Å²) in [7, 11) is 3.18. The van der Waals surface area contributed by atoms with Crippen molar-refractivity contribution in [2.75, 3.05) is 19.1 Å². The van der Waals surface area contributed by atoms with Gasteiger partial charge in [0.25, 0.3) is 0 Å². The number of rotatable bonds is 6. The SMILES string of the molecule is C=C(C(=O)OC)c1cc(N(C)c2cccnc2)ccc1Oc1ccc(F)cc1. The van der Waals surface area contributed by atoms with Gasteiger partial charge in [-0.3, -0.25) is 4.98 Å². The lowest BCUT2D eigenvalue weighted by molar-refractivity contribution is -0.133. The Bertz CT molecular complexity index is 988. The van der Waals surface area contributed by atoms with Gasteiger partial charge in [-0.2, -0.15) is 0 Å². The second-order valence-electron chi connectivity index (χ2n) is 5.98. The van der Waals surface area contributed by atoms with Gasteiger partial charge in [-0.25, -0.2) is 9.18 Å². The number of ether oxygens (including phenoxy) is 2. The molecule has 1 heterocycles. The highest BCUT2D eigenvalue weighted by molar-refractivity contribution is 6.16. The van der Waals surface area contributed by atoms with Gasteiger partial charge < -0.3 is 14.4 Å². The number of nitrogens with zero attached hydrogens (tertiary/aromatic N) is 2. The molecule has 0 atom stereocenters. The van der Waals surface area contributed by atoms with Crippen molar-refractivity contribution in [1.29, 1.82) is 0 Å². The summed E-state index contributed by atoms with van der Waals surface area (Å²) in [6, 6.07) is 14.7. The first-order chi connectivity index (χ1) is 13.5. The molecule has 0 N–H and O–H groups in total. The van der Waals surface area contributed by atoms with Crippen LogP contribution in [-0.4, -0.2) is 25.1 Å². The maximum atomic E-state index is 13.1. The summed E-state index contributed by atoms with van der Waals surface area (Å²) in [4.78, 5) is 18.1. The van der Waals surface area contributed by atoms with E-state index in [9.17, 15) is 9.18 Å². The van der Waals surface area contributed by atoms with Crippen LogP contribution in [0, 0.1) is 5.82 Å². The van der Waals surface area contributed by atoms with Crippen LogP contribution in [0.15, 0.2) is 73.6 Å². The fraction of sp³-hybridized carbons (Fsp3) is 0.0909. The van der Waals surface area contributed by atoms with Gasteiger partial charge in [0.05, 0.1) is 24.6 Å². The molecule has 5 nitrogen and oxygen atoms in total. The zero-order valence-electron chi connectivity index (χ0n) is 15.6. The van der Waals surface area contributed by atoms with E-state index < -0.39 is 5.97 Å². The quantitative estimate of drug-likeness (QED) is 0.448. The second-order valence-corrected chi connectivity index (χ2v) is 5.98. The molecule has 28 heavy (non-hydrogen) atoms. The third-order valence-electron chi connectivity index (χ3n) is 4.18. The number of halogens is 1. The number of pyridine rings is 1. The summed E-state index contributed by atoms with van der Waals surface area (Å²) >= 11 is 0. The number of aromatic nitrogens is 1. The summed E-state index contributed by atoms with van der Waals surface area (Å²) in [5, 5.41) is 0.